The molecular weight excluding hydrogens is 316 g/mol. The van der Waals surface area contributed by atoms with Crippen LogP contribution in [0.4, 0.5) is 0 Å². The first-order valence-corrected chi connectivity index (χ1v) is 8.87. The molecule has 0 saturated carbocycles. The van der Waals surface area contributed by atoms with Crippen molar-refractivity contribution in [1.29, 1.82) is 0 Å². The molecule has 0 unspecified atom stereocenters. The van der Waals surface area contributed by atoms with Crippen LogP contribution in [0.1, 0.15) is 43.0 Å². The third kappa shape index (κ3) is 7.29. The number of esters is 1. The van der Waals surface area contributed by atoms with Crippen molar-refractivity contribution in [3.8, 4) is 11.5 Å². The van der Waals surface area contributed by atoms with Gasteiger partial charge in [0.2, 0.25) is 0 Å². The zero-order chi connectivity index (χ0) is 17.7. The van der Waals surface area contributed by atoms with Crippen molar-refractivity contribution < 1.29 is 19.0 Å². The lowest BCUT2D eigenvalue weighted by atomic mass is 10.2. The van der Waals surface area contributed by atoms with Crippen molar-refractivity contribution in [1.82, 2.24) is 0 Å². The Labute approximate surface area is 149 Å². The fraction of sp³-hybridized carbons (Fsp3) is 0.381. The van der Waals surface area contributed by atoms with Crippen LogP contribution in [0.3, 0.4) is 0 Å². The number of benzene rings is 2. The molecule has 0 saturated heterocycles. The summed E-state index contributed by atoms with van der Waals surface area (Å²) in [4.78, 5) is 12.0. The molecule has 2 aromatic carbocycles. The van der Waals surface area contributed by atoms with Gasteiger partial charge < -0.3 is 14.2 Å². The van der Waals surface area contributed by atoms with Gasteiger partial charge in [0.05, 0.1) is 12.2 Å². The van der Waals surface area contributed by atoms with Gasteiger partial charge in [-0.25, -0.2) is 4.79 Å². The summed E-state index contributed by atoms with van der Waals surface area (Å²) in [5, 5.41) is 0. The van der Waals surface area contributed by atoms with Gasteiger partial charge in [0, 0.05) is 0 Å². The molecule has 0 heterocycles. The Morgan fingerprint density at radius 2 is 1.44 bits per heavy atom. The molecule has 0 bridgehead atoms. The standard InChI is InChI=1S/C21H26O4/c1-2-3-4-8-15-23-20-13-11-18(12-14-20)21(22)25-17-16-24-19-9-6-5-7-10-19/h5-7,9-14H,2-4,8,15-17H2,1H3. The van der Waals surface area contributed by atoms with E-state index >= 15 is 0 Å². The van der Waals surface area contributed by atoms with Gasteiger partial charge in [-0.1, -0.05) is 44.4 Å². The number of hydrogen-bond donors (Lipinski definition) is 0. The van der Waals surface area contributed by atoms with E-state index in [0.717, 1.165) is 17.9 Å². The molecule has 4 nitrogen and oxygen atoms in total. The van der Waals surface area contributed by atoms with Gasteiger partial charge in [-0.05, 0) is 42.8 Å². The van der Waals surface area contributed by atoms with Gasteiger partial charge in [-0.15, -0.1) is 0 Å². The fourth-order valence-corrected chi connectivity index (χ4v) is 2.30. The molecule has 0 amide bonds. The van der Waals surface area contributed by atoms with E-state index < -0.39 is 0 Å². The van der Waals surface area contributed by atoms with Crippen molar-refractivity contribution >= 4 is 5.97 Å². The smallest absolute Gasteiger partial charge is 0.338 e. The van der Waals surface area contributed by atoms with Gasteiger partial charge in [0.15, 0.2) is 0 Å². The van der Waals surface area contributed by atoms with E-state index in [1.54, 1.807) is 24.3 Å². The van der Waals surface area contributed by atoms with Crippen molar-refractivity contribution in [2.45, 2.75) is 32.6 Å². The number of unbranched alkanes of at least 4 members (excludes halogenated alkanes) is 3. The van der Waals surface area contributed by atoms with Gasteiger partial charge in [0.25, 0.3) is 0 Å². The summed E-state index contributed by atoms with van der Waals surface area (Å²) in [5.41, 5.74) is 0.512. The van der Waals surface area contributed by atoms with Crippen LogP contribution >= 0.6 is 0 Å². The Hall–Kier alpha value is -2.49. The second-order valence-corrected chi connectivity index (χ2v) is 5.73. The van der Waals surface area contributed by atoms with Crippen LogP contribution in [0.15, 0.2) is 54.6 Å². The maximum Gasteiger partial charge on any atom is 0.338 e. The van der Waals surface area contributed by atoms with E-state index in [0.29, 0.717) is 18.8 Å². The normalized spacial score (nSPS) is 10.3. The zero-order valence-electron chi connectivity index (χ0n) is 14.8. The third-order valence-electron chi connectivity index (χ3n) is 3.69. The van der Waals surface area contributed by atoms with E-state index in [1.165, 1.54) is 19.3 Å². The van der Waals surface area contributed by atoms with Crippen LogP contribution in [0.2, 0.25) is 0 Å². The number of carbonyl (C=O) groups is 1. The molecule has 134 valence electrons. The van der Waals surface area contributed by atoms with E-state index in [1.807, 2.05) is 30.3 Å². The third-order valence-corrected chi connectivity index (χ3v) is 3.69. The minimum absolute atomic E-state index is 0.212. The summed E-state index contributed by atoms with van der Waals surface area (Å²) in [6.45, 7) is 3.44. The first-order valence-electron chi connectivity index (χ1n) is 8.87. The monoisotopic (exact) mass is 342 g/mol. The quantitative estimate of drug-likeness (QED) is 0.431. The van der Waals surface area contributed by atoms with Gasteiger partial charge in [-0.3, -0.25) is 0 Å². The molecule has 0 spiro atoms. The fourth-order valence-electron chi connectivity index (χ4n) is 2.30. The number of rotatable bonds is 11. The first kappa shape index (κ1) is 18.8. The lowest BCUT2D eigenvalue weighted by Crippen LogP contribution is -2.12. The Morgan fingerprint density at radius 1 is 0.760 bits per heavy atom. The van der Waals surface area contributed by atoms with Crippen LogP contribution in [0, 0.1) is 0 Å². The zero-order valence-corrected chi connectivity index (χ0v) is 14.8. The van der Waals surface area contributed by atoms with Crippen molar-refractivity contribution in [2.75, 3.05) is 19.8 Å². The number of hydrogen-bond acceptors (Lipinski definition) is 4. The summed E-state index contributed by atoms with van der Waals surface area (Å²) < 4.78 is 16.4. The molecule has 25 heavy (non-hydrogen) atoms. The molecule has 0 fully saturated rings. The predicted molar refractivity (Wildman–Crippen MR) is 98.3 cm³/mol. The van der Waals surface area contributed by atoms with Gasteiger partial charge in [-0.2, -0.15) is 0 Å². The lowest BCUT2D eigenvalue weighted by Gasteiger charge is -2.08. The topological polar surface area (TPSA) is 44.8 Å². The summed E-state index contributed by atoms with van der Waals surface area (Å²) in [6, 6.07) is 16.5. The Balaban J connectivity index is 1.65. The summed E-state index contributed by atoms with van der Waals surface area (Å²) in [5.74, 6) is 1.19. The molecular formula is C21H26O4. The highest BCUT2D eigenvalue weighted by atomic mass is 16.6. The van der Waals surface area contributed by atoms with Gasteiger partial charge in [0.1, 0.15) is 24.7 Å². The average molecular weight is 342 g/mol. The highest BCUT2D eigenvalue weighted by Crippen LogP contribution is 2.14. The number of carbonyl (C=O) groups excluding carboxylic acids is 1. The SMILES string of the molecule is CCCCCCOc1ccc(C(=O)OCCOc2ccccc2)cc1. The largest absolute Gasteiger partial charge is 0.494 e. The van der Waals surface area contributed by atoms with Crippen molar-refractivity contribution in [3.05, 3.63) is 60.2 Å². The molecule has 2 rings (SSSR count). The van der Waals surface area contributed by atoms with Crippen molar-refractivity contribution in [2.24, 2.45) is 0 Å². The minimum atomic E-state index is -0.355. The Kier molecular flexibility index (Phi) is 8.39. The molecule has 0 aliphatic heterocycles. The number of para-hydroxylation sites is 1. The molecule has 0 aliphatic rings. The second kappa shape index (κ2) is 11.1. The number of ether oxygens (including phenoxy) is 3. The van der Waals surface area contributed by atoms with Gasteiger partial charge >= 0.3 is 5.97 Å². The molecule has 0 radical (unpaired) electrons. The molecule has 0 aromatic heterocycles. The van der Waals surface area contributed by atoms with Crippen LogP contribution < -0.4 is 9.47 Å². The maximum atomic E-state index is 12.0. The second-order valence-electron chi connectivity index (χ2n) is 5.73. The molecule has 0 N–H and O–H groups in total. The van der Waals surface area contributed by atoms with Crippen LogP contribution in [0.25, 0.3) is 0 Å². The molecule has 2 aromatic rings. The first-order chi connectivity index (χ1) is 12.3. The van der Waals surface area contributed by atoms with E-state index in [4.69, 9.17) is 14.2 Å². The maximum absolute atomic E-state index is 12.0. The average Bonchev–Trinajstić information content (AvgIpc) is 2.66. The summed E-state index contributed by atoms with van der Waals surface area (Å²) in [6.07, 6.45) is 4.69. The Morgan fingerprint density at radius 3 is 2.16 bits per heavy atom. The van der Waals surface area contributed by atoms with Crippen LogP contribution in [-0.2, 0) is 4.74 Å². The molecule has 0 atom stereocenters. The van der Waals surface area contributed by atoms with E-state index in [2.05, 4.69) is 6.92 Å². The lowest BCUT2D eigenvalue weighted by molar-refractivity contribution is 0.0450. The van der Waals surface area contributed by atoms with Crippen LogP contribution in [-0.4, -0.2) is 25.8 Å². The summed E-state index contributed by atoms with van der Waals surface area (Å²) in [7, 11) is 0. The van der Waals surface area contributed by atoms with Crippen molar-refractivity contribution in [3.63, 3.8) is 0 Å². The van der Waals surface area contributed by atoms with Crippen LogP contribution in [0.5, 0.6) is 11.5 Å². The highest BCUT2D eigenvalue weighted by molar-refractivity contribution is 5.89. The minimum Gasteiger partial charge on any atom is -0.494 e. The van der Waals surface area contributed by atoms with E-state index in [9.17, 15) is 4.79 Å². The van der Waals surface area contributed by atoms with E-state index in [-0.39, 0.29) is 12.6 Å². The predicted octanol–water partition coefficient (Wildman–Crippen LogP) is 4.88. The molecule has 0 aliphatic carbocycles. The highest BCUT2D eigenvalue weighted by Gasteiger charge is 2.07. The summed E-state index contributed by atoms with van der Waals surface area (Å²) >= 11 is 0. The molecule has 4 heteroatoms. The Bertz CT molecular complexity index is 608.